The molecule has 6 nitrogen and oxygen atoms in total. The highest BCUT2D eigenvalue weighted by atomic mass is 32.2. The van der Waals surface area contributed by atoms with E-state index in [1.807, 2.05) is 0 Å². The Hall–Kier alpha value is -0.210. The minimum absolute atomic E-state index is 0.170. The van der Waals surface area contributed by atoms with E-state index in [2.05, 4.69) is 9.47 Å². The standard InChI is InChI=1S/C5H12O6S/c1-10-2-3-11-4-5(6)12(7,8)9/h5-6H,2-4H2,1H3,(H,7,8,9). The molecule has 0 aliphatic rings. The van der Waals surface area contributed by atoms with Crippen LogP contribution in [0.5, 0.6) is 0 Å². The number of rotatable bonds is 6. The van der Waals surface area contributed by atoms with Gasteiger partial charge in [0.15, 0.2) is 0 Å². The predicted octanol–water partition coefficient (Wildman–Crippen LogP) is -1.14. The molecule has 0 rings (SSSR count). The summed E-state index contributed by atoms with van der Waals surface area (Å²) >= 11 is 0. The maximum Gasteiger partial charge on any atom is 0.294 e. The third-order valence-electron chi connectivity index (χ3n) is 1.04. The molecule has 0 aromatic heterocycles. The fraction of sp³-hybridized carbons (Fsp3) is 1.00. The Labute approximate surface area is 70.8 Å². The summed E-state index contributed by atoms with van der Waals surface area (Å²) in [5.74, 6) is 0. The summed E-state index contributed by atoms with van der Waals surface area (Å²) in [6.45, 7) is 0.0173. The molecule has 0 aliphatic heterocycles. The lowest BCUT2D eigenvalue weighted by Crippen LogP contribution is -2.26. The van der Waals surface area contributed by atoms with Crippen LogP contribution < -0.4 is 0 Å². The number of hydrogen-bond acceptors (Lipinski definition) is 5. The van der Waals surface area contributed by atoms with Crippen LogP contribution >= 0.6 is 0 Å². The molecule has 1 atom stereocenters. The highest BCUT2D eigenvalue weighted by molar-refractivity contribution is 7.86. The van der Waals surface area contributed by atoms with Crippen molar-refractivity contribution in [3.05, 3.63) is 0 Å². The summed E-state index contributed by atoms with van der Waals surface area (Å²) < 4.78 is 37.9. The smallest absolute Gasteiger partial charge is 0.294 e. The number of aliphatic hydroxyl groups excluding tert-OH is 1. The molecule has 0 aromatic carbocycles. The second-order valence-corrected chi connectivity index (χ2v) is 3.61. The zero-order valence-electron chi connectivity index (χ0n) is 6.63. The van der Waals surface area contributed by atoms with E-state index >= 15 is 0 Å². The molecule has 0 fully saturated rings. The lowest BCUT2D eigenvalue weighted by Gasteiger charge is -2.07. The first-order chi connectivity index (χ1) is 5.48. The fourth-order valence-electron chi connectivity index (χ4n) is 0.412. The van der Waals surface area contributed by atoms with Gasteiger partial charge >= 0.3 is 0 Å². The van der Waals surface area contributed by atoms with Crippen LogP contribution in [-0.4, -0.2) is 50.4 Å². The third-order valence-corrected chi connectivity index (χ3v) is 1.86. The van der Waals surface area contributed by atoms with Gasteiger partial charge in [-0.25, -0.2) is 0 Å². The van der Waals surface area contributed by atoms with Crippen LogP contribution in [0.2, 0.25) is 0 Å². The van der Waals surface area contributed by atoms with Gasteiger partial charge in [-0.2, -0.15) is 8.42 Å². The molecule has 7 heteroatoms. The van der Waals surface area contributed by atoms with Gasteiger partial charge in [-0.05, 0) is 0 Å². The molecule has 12 heavy (non-hydrogen) atoms. The van der Waals surface area contributed by atoms with Crippen LogP contribution in [0.25, 0.3) is 0 Å². The lowest BCUT2D eigenvalue weighted by molar-refractivity contribution is 0.0362. The van der Waals surface area contributed by atoms with E-state index in [0.717, 1.165) is 0 Å². The molecule has 0 bridgehead atoms. The van der Waals surface area contributed by atoms with Gasteiger partial charge in [-0.15, -0.1) is 0 Å². The number of hydrogen-bond donors (Lipinski definition) is 2. The van der Waals surface area contributed by atoms with E-state index in [0.29, 0.717) is 6.61 Å². The van der Waals surface area contributed by atoms with Crippen molar-refractivity contribution >= 4 is 10.1 Å². The Morgan fingerprint density at radius 1 is 1.42 bits per heavy atom. The first-order valence-corrected chi connectivity index (χ1v) is 4.70. The van der Waals surface area contributed by atoms with Crippen LogP contribution in [0.15, 0.2) is 0 Å². The average Bonchev–Trinajstić information content (AvgIpc) is 1.96. The Kier molecular flexibility index (Phi) is 5.34. The number of ether oxygens (including phenoxy) is 2. The molecule has 0 saturated carbocycles. The SMILES string of the molecule is COCCOCC(O)S(=O)(=O)O. The van der Waals surface area contributed by atoms with E-state index in [4.69, 9.17) is 9.66 Å². The molecule has 0 radical (unpaired) electrons. The first-order valence-electron chi connectivity index (χ1n) is 3.19. The van der Waals surface area contributed by atoms with Crippen LogP contribution in [0.3, 0.4) is 0 Å². The van der Waals surface area contributed by atoms with Crippen molar-refractivity contribution in [3.63, 3.8) is 0 Å². The van der Waals surface area contributed by atoms with E-state index in [-0.39, 0.29) is 6.61 Å². The zero-order chi connectivity index (χ0) is 9.61. The fourth-order valence-corrected chi connectivity index (χ4v) is 0.681. The van der Waals surface area contributed by atoms with Crippen molar-refractivity contribution in [2.75, 3.05) is 26.9 Å². The minimum Gasteiger partial charge on any atom is -0.382 e. The van der Waals surface area contributed by atoms with Crippen LogP contribution in [0.4, 0.5) is 0 Å². The van der Waals surface area contributed by atoms with E-state index in [9.17, 15) is 8.42 Å². The third kappa shape index (κ3) is 5.44. The highest BCUT2D eigenvalue weighted by Crippen LogP contribution is 1.94. The average molecular weight is 200 g/mol. The van der Waals surface area contributed by atoms with Crippen LogP contribution in [0.1, 0.15) is 0 Å². The molecule has 0 aromatic rings. The molecule has 0 saturated heterocycles. The van der Waals surface area contributed by atoms with Crippen molar-refractivity contribution in [3.8, 4) is 0 Å². The molecule has 1 unspecified atom stereocenters. The van der Waals surface area contributed by atoms with Crippen LogP contribution in [-0.2, 0) is 19.6 Å². The summed E-state index contributed by atoms with van der Waals surface area (Å²) in [5, 5.41) is 8.68. The monoisotopic (exact) mass is 200 g/mol. The van der Waals surface area contributed by atoms with Gasteiger partial charge in [0.05, 0.1) is 19.8 Å². The number of methoxy groups -OCH3 is 1. The van der Waals surface area contributed by atoms with E-state index in [1.54, 1.807) is 0 Å². The Morgan fingerprint density at radius 3 is 2.42 bits per heavy atom. The Balaban J connectivity index is 3.52. The van der Waals surface area contributed by atoms with Crippen molar-refractivity contribution in [2.45, 2.75) is 5.44 Å². The summed E-state index contributed by atoms with van der Waals surface area (Å²) in [6.07, 6.45) is 0. The molecular weight excluding hydrogens is 188 g/mol. The van der Waals surface area contributed by atoms with Gasteiger partial charge in [-0.1, -0.05) is 0 Å². The van der Waals surface area contributed by atoms with Gasteiger partial charge in [0.25, 0.3) is 10.1 Å². The van der Waals surface area contributed by atoms with Gasteiger partial charge < -0.3 is 14.6 Å². The lowest BCUT2D eigenvalue weighted by atomic mass is 10.7. The molecule has 2 N–H and O–H groups in total. The van der Waals surface area contributed by atoms with Crippen molar-refractivity contribution in [2.24, 2.45) is 0 Å². The molecular formula is C5H12O6S. The molecule has 0 spiro atoms. The Morgan fingerprint density at radius 2 is 2.00 bits per heavy atom. The largest absolute Gasteiger partial charge is 0.382 e. The summed E-state index contributed by atoms with van der Waals surface area (Å²) in [5.41, 5.74) is -1.88. The maximum atomic E-state index is 10.2. The normalized spacial score (nSPS) is 14.6. The van der Waals surface area contributed by atoms with Gasteiger partial charge in [0, 0.05) is 7.11 Å². The number of aliphatic hydroxyl groups is 1. The Bertz CT molecular complexity index is 198. The van der Waals surface area contributed by atoms with Crippen molar-refractivity contribution < 1.29 is 27.6 Å². The second-order valence-electron chi connectivity index (χ2n) is 2.04. The van der Waals surface area contributed by atoms with Gasteiger partial charge in [-0.3, -0.25) is 4.55 Å². The molecule has 0 aliphatic carbocycles. The van der Waals surface area contributed by atoms with Crippen molar-refractivity contribution in [1.82, 2.24) is 0 Å². The topological polar surface area (TPSA) is 93.1 Å². The summed E-state index contributed by atoms with van der Waals surface area (Å²) in [4.78, 5) is 0. The maximum absolute atomic E-state index is 10.2. The molecule has 74 valence electrons. The van der Waals surface area contributed by atoms with E-state index in [1.165, 1.54) is 7.11 Å². The van der Waals surface area contributed by atoms with Crippen molar-refractivity contribution in [1.29, 1.82) is 0 Å². The second kappa shape index (κ2) is 5.44. The van der Waals surface area contributed by atoms with Gasteiger partial charge in [0.1, 0.15) is 0 Å². The first kappa shape index (κ1) is 11.8. The van der Waals surface area contributed by atoms with E-state index < -0.39 is 22.2 Å². The quantitative estimate of drug-likeness (QED) is 0.415. The zero-order valence-corrected chi connectivity index (χ0v) is 7.45. The summed E-state index contributed by atoms with van der Waals surface area (Å²) in [7, 11) is -2.94. The van der Waals surface area contributed by atoms with Gasteiger partial charge in [0.2, 0.25) is 5.44 Å². The highest BCUT2D eigenvalue weighted by Gasteiger charge is 2.18. The van der Waals surface area contributed by atoms with Crippen LogP contribution in [0, 0.1) is 0 Å². The predicted molar refractivity (Wildman–Crippen MR) is 40.3 cm³/mol. The molecule has 0 heterocycles. The summed E-state index contributed by atoms with van der Waals surface area (Å²) in [6, 6.07) is 0. The molecule has 0 amide bonds. The minimum atomic E-state index is -4.40.